The van der Waals surface area contributed by atoms with Crippen LogP contribution in [0.3, 0.4) is 0 Å². The molecule has 1 aromatic carbocycles. The highest BCUT2D eigenvalue weighted by Crippen LogP contribution is 2.21. The highest BCUT2D eigenvalue weighted by molar-refractivity contribution is 5.94. The summed E-state index contributed by atoms with van der Waals surface area (Å²) in [6.07, 6.45) is 2.35. The number of amides is 2. The Hall–Kier alpha value is -2.34. The van der Waals surface area contributed by atoms with E-state index in [0.29, 0.717) is 19.5 Å². The van der Waals surface area contributed by atoms with Gasteiger partial charge in [-0.3, -0.25) is 9.59 Å². The van der Waals surface area contributed by atoms with Crippen molar-refractivity contribution in [3.63, 3.8) is 0 Å². The highest BCUT2D eigenvalue weighted by Gasteiger charge is 2.12. The van der Waals surface area contributed by atoms with Crippen molar-refractivity contribution < 1.29 is 9.59 Å². The van der Waals surface area contributed by atoms with Gasteiger partial charge in [0.1, 0.15) is 6.54 Å². The molecule has 0 aliphatic rings. The number of rotatable bonds is 8. The molecule has 24 heavy (non-hydrogen) atoms. The fourth-order valence-corrected chi connectivity index (χ4v) is 2.70. The lowest BCUT2D eigenvalue weighted by atomic mass is 10.2. The topological polar surface area (TPSA) is 66.4 Å². The number of nitrogens with zero attached hydrogens (tertiary/aromatic N) is 2. The van der Waals surface area contributed by atoms with E-state index in [1.54, 1.807) is 0 Å². The molecule has 130 valence electrons. The molecular weight excluding hydrogens is 304 g/mol. The van der Waals surface area contributed by atoms with E-state index < -0.39 is 0 Å². The largest absolute Gasteiger partial charge is 0.342 e. The molecule has 0 aliphatic carbocycles. The maximum atomic E-state index is 12.3. The average Bonchev–Trinajstić information content (AvgIpc) is 2.96. The molecule has 1 aromatic heterocycles. The van der Waals surface area contributed by atoms with Crippen LogP contribution in [0.25, 0.3) is 10.9 Å². The van der Waals surface area contributed by atoms with Gasteiger partial charge in [0.2, 0.25) is 11.8 Å². The van der Waals surface area contributed by atoms with Gasteiger partial charge in [-0.05, 0) is 45.2 Å². The van der Waals surface area contributed by atoms with Crippen LogP contribution >= 0.6 is 0 Å². The second kappa shape index (κ2) is 8.49. The third-order valence-corrected chi connectivity index (χ3v) is 4.08. The molecule has 0 atom stereocenters. The van der Waals surface area contributed by atoms with Crippen LogP contribution in [0.4, 0.5) is 5.69 Å². The number of nitrogens with one attached hydrogen (secondary N) is 2. The molecule has 0 spiro atoms. The predicted octanol–water partition coefficient (Wildman–Crippen LogP) is 2.06. The third-order valence-electron chi connectivity index (χ3n) is 4.08. The van der Waals surface area contributed by atoms with E-state index >= 15 is 0 Å². The van der Waals surface area contributed by atoms with Gasteiger partial charge in [0.15, 0.2) is 0 Å². The van der Waals surface area contributed by atoms with E-state index in [9.17, 15) is 9.59 Å². The maximum absolute atomic E-state index is 12.3. The number of likely N-dealkylation sites (N-methyl/N-ethyl adjacent to an activating group) is 1. The molecule has 0 saturated heterocycles. The molecule has 2 N–H and O–H groups in total. The van der Waals surface area contributed by atoms with Crippen molar-refractivity contribution >= 4 is 28.4 Å². The van der Waals surface area contributed by atoms with Crippen LogP contribution in [0.1, 0.15) is 20.3 Å². The van der Waals surface area contributed by atoms with Crippen LogP contribution in [0, 0.1) is 0 Å². The molecule has 6 nitrogen and oxygen atoms in total. The van der Waals surface area contributed by atoms with Crippen molar-refractivity contribution in [1.29, 1.82) is 0 Å². The molecule has 2 amide bonds. The van der Waals surface area contributed by atoms with Gasteiger partial charge in [-0.1, -0.05) is 0 Å². The van der Waals surface area contributed by atoms with E-state index in [1.807, 2.05) is 60.8 Å². The number of hydrogen-bond acceptors (Lipinski definition) is 3. The number of carbonyl (C=O) groups excluding carboxylic acids is 2. The lowest BCUT2D eigenvalue weighted by Gasteiger charge is -2.19. The summed E-state index contributed by atoms with van der Waals surface area (Å²) in [5.74, 6) is 0.0989. The number of benzene rings is 1. The van der Waals surface area contributed by atoms with Crippen LogP contribution < -0.4 is 10.6 Å². The molecule has 0 unspecified atom stereocenters. The van der Waals surface area contributed by atoms with Gasteiger partial charge in [0.05, 0.1) is 0 Å². The summed E-state index contributed by atoms with van der Waals surface area (Å²) in [6, 6.07) is 7.72. The van der Waals surface area contributed by atoms with E-state index in [2.05, 4.69) is 10.6 Å². The van der Waals surface area contributed by atoms with Gasteiger partial charge >= 0.3 is 0 Å². The summed E-state index contributed by atoms with van der Waals surface area (Å²) in [7, 11) is 1.82. The maximum Gasteiger partial charge on any atom is 0.242 e. The Balaban J connectivity index is 2.10. The highest BCUT2D eigenvalue weighted by atomic mass is 16.2. The summed E-state index contributed by atoms with van der Waals surface area (Å²) in [5.41, 5.74) is 1.76. The van der Waals surface area contributed by atoms with Crippen LogP contribution in [-0.2, 0) is 16.1 Å². The van der Waals surface area contributed by atoms with E-state index in [0.717, 1.165) is 29.7 Å². The lowest BCUT2D eigenvalue weighted by Crippen LogP contribution is -2.33. The number of fused-ring (bicyclic) bond motifs is 1. The lowest BCUT2D eigenvalue weighted by molar-refractivity contribution is -0.131. The quantitative estimate of drug-likeness (QED) is 0.778. The van der Waals surface area contributed by atoms with E-state index in [-0.39, 0.29) is 11.8 Å². The third kappa shape index (κ3) is 4.35. The standard InChI is InChI=1S/C18H26N4O2/c1-4-21(5-2)18(24)13-22-11-9-14-12-15(6-7-16(14)22)20-17(23)8-10-19-3/h6-7,9,11-12,19H,4-5,8,10,13H2,1-3H3,(H,20,23). The van der Waals surface area contributed by atoms with Crippen molar-refractivity contribution in [2.24, 2.45) is 0 Å². The Morgan fingerprint density at radius 1 is 1.17 bits per heavy atom. The number of hydrogen-bond donors (Lipinski definition) is 2. The zero-order valence-corrected chi connectivity index (χ0v) is 14.6. The molecule has 2 aromatic rings. The van der Waals surface area contributed by atoms with Crippen molar-refractivity contribution in [3.05, 3.63) is 30.5 Å². The molecular formula is C18H26N4O2. The second-order valence-corrected chi connectivity index (χ2v) is 5.68. The van der Waals surface area contributed by atoms with Crippen molar-refractivity contribution in [3.8, 4) is 0 Å². The fraction of sp³-hybridized carbons (Fsp3) is 0.444. The first-order valence-corrected chi connectivity index (χ1v) is 8.40. The van der Waals surface area contributed by atoms with Gasteiger partial charge in [0.25, 0.3) is 0 Å². The van der Waals surface area contributed by atoms with Crippen molar-refractivity contribution in [1.82, 2.24) is 14.8 Å². The Labute approximate surface area is 142 Å². The SMILES string of the molecule is CCN(CC)C(=O)Cn1ccc2cc(NC(=O)CCNC)ccc21. The van der Waals surface area contributed by atoms with Gasteiger partial charge in [0, 0.05) is 48.8 Å². The summed E-state index contributed by atoms with van der Waals surface area (Å²) in [5, 5.41) is 6.85. The monoisotopic (exact) mass is 330 g/mol. The molecule has 0 saturated carbocycles. The summed E-state index contributed by atoms with van der Waals surface area (Å²) >= 11 is 0. The zero-order valence-electron chi connectivity index (χ0n) is 14.6. The summed E-state index contributed by atoms with van der Waals surface area (Å²) in [4.78, 5) is 25.9. The first-order chi connectivity index (χ1) is 11.6. The Morgan fingerprint density at radius 2 is 1.92 bits per heavy atom. The minimum Gasteiger partial charge on any atom is -0.342 e. The number of aromatic nitrogens is 1. The summed E-state index contributed by atoms with van der Waals surface area (Å²) < 4.78 is 1.95. The second-order valence-electron chi connectivity index (χ2n) is 5.68. The Bertz CT molecular complexity index is 704. The molecule has 6 heteroatoms. The van der Waals surface area contributed by atoms with Crippen molar-refractivity contribution in [2.75, 3.05) is 32.0 Å². The number of anilines is 1. The minimum absolute atomic E-state index is 0.0140. The predicted molar refractivity (Wildman–Crippen MR) is 97.0 cm³/mol. The van der Waals surface area contributed by atoms with Crippen LogP contribution in [0.15, 0.2) is 30.5 Å². The average molecular weight is 330 g/mol. The van der Waals surface area contributed by atoms with Crippen LogP contribution in [0.5, 0.6) is 0 Å². The smallest absolute Gasteiger partial charge is 0.242 e. The first kappa shape index (κ1) is 18.0. The molecule has 0 fully saturated rings. The van der Waals surface area contributed by atoms with Crippen LogP contribution in [0.2, 0.25) is 0 Å². The Morgan fingerprint density at radius 3 is 2.58 bits per heavy atom. The molecule has 0 bridgehead atoms. The van der Waals surface area contributed by atoms with Gasteiger partial charge in [-0.2, -0.15) is 0 Å². The zero-order chi connectivity index (χ0) is 17.5. The molecule has 0 radical (unpaired) electrons. The minimum atomic E-state index is -0.0140. The van der Waals surface area contributed by atoms with Gasteiger partial charge in [-0.25, -0.2) is 0 Å². The van der Waals surface area contributed by atoms with Crippen LogP contribution in [-0.4, -0.2) is 48.0 Å². The molecule has 0 aliphatic heterocycles. The van der Waals surface area contributed by atoms with Gasteiger partial charge in [-0.15, -0.1) is 0 Å². The molecule has 1 heterocycles. The number of carbonyl (C=O) groups is 2. The summed E-state index contributed by atoms with van der Waals surface area (Å²) in [6.45, 7) is 6.39. The first-order valence-electron chi connectivity index (χ1n) is 8.40. The fourth-order valence-electron chi connectivity index (χ4n) is 2.70. The Kier molecular flexibility index (Phi) is 6.37. The normalized spacial score (nSPS) is 10.8. The van der Waals surface area contributed by atoms with Gasteiger partial charge < -0.3 is 20.1 Å². The van der Waals surface area contributed by atoms with E-state index in [1.165, 1.54) is 0 Å². The van der Waals surface area contributed by atoms with E-state index in [4.69, 9.17) is 0 Å². The van der Waals surface area contributed by atoms with Crippen molar-refractivity contribution in [2.45, 2.75) is 26.8 Å². The molecule has 2 rings (SSSR count).